The van der Waals surface area contributed by atoms with Gasteiger partial charge in [0.05, 0.1) is 0 Å². The first-order valence-electron chi connectivity index (χ1n) is 7.67. The van der Waals surface area contributed by atoms with Crippen molar-refractivity contribution >= 4 is 17.2 Å². The van der Waals surface area contributed by atoms with Gasteiger partial charge in [0.1, 0.15) is 17.1 Å². The second kappa shape index (κ2) is 7.56. The Morgan fingerprint density at radius 1 is 1.03 bits per heavy atom. The fourth-order valence-electron chi connectivity index (χ4n) is 2.33. The summed E-state index contributed by atoms with van der Waals surface area (Å²) < 4.78 is 92.6. The molecule has 154 valence electrons. The summed E-state index contributed by atoms with van der Waals surface area (Å²) in [7, 11) is 0. The number of nitrogens with zero attached hydrogens (tertiary/aromatic N) is 3. The van der Waals surface area contributed by atoms with Gasteiger partial charge in [0, 0.05) is 11.8 Å². The number of amides is 1. The van der Waals surface area contributed by atoms with Crippen molar-refractivity contribution in [1.29, 1.82) is 0 Å². The standard InChI is InChI=1S/C16H9F7N4O2/c17-13(18)9-5-11(14(19)20)27-12(25-9)6-10(26-27)15(28)24-7-1-3-8(4-2-7)29-16(21,22)23/h1-6,13-14H,(H,24,28). The molecule has 0 radical (unpaired) electrons. The van der Waals surface area contributed by atoms with Gasteiger partial charge in [-0.25, -0.2) is 27.1 Å². The van der Waals surface area contributed by atoms with Gasteiger partial charge in [-0.05, 0) is 30.3 Å². The summed E-state index contributed by atoms with van der Waals surface area (Å²) in [6.07, 6.45) is -11.1. The first-order chi connectivity index (χ1) is 13.5. The minimum atomic E-state index is -4.88. The molecule has 3 rings (SSSR count). The lowest BCUT2D eigenvalue weighted by atomic mass is 10.3. The van der Waals surface area contributed by atoms with E-state index in [9.17, 15) is 35.5 Å². The average molecular weight is 422 g/mol. The van der Waals surface area contributed by atoms with E-state index in [0.29, 0.717) is 10.6 Å². The summed E-state index contributed by atoms with van der Waals surface area (Å²) in [4.78, 5) is 15.7. The Balaban J connectivity index is 1.85. The van der Waals surface area contributed by atoms with Gasteiger partial charge < -0.3 is 10.1 Å². The predicted octanol–water partition coefficient (Wildman–Crippen LogP) is 4.76. The number of carbonyl (C=O) groups is 1. The van der Waals surface area contributed by atoms with Gasteiger partial charge in [-0.1, -0.05) is 0 Å². The van der Waals surface area contributed by atoms with E-state index in [1.807, 2.05) is 0 Å². The van der Waals surface area contributed by atoms with Crippen LogP contribution in [0.25, 0.3) is 5.65 Å². The zero-order valence-corrected chi connectivity index (χ0v) is 13.9. The van der Waals surface area contributed by atoms with Crippen molar-refractivity contribution in [2.45, 2.75) is 19.2 Å². The Labute approximate surface area is 156 Å². The lowest BCUT2D eigenvalue weighted by molar-refractivity contribution is -0.274. The maximum absolute atomic E-state index is 13.1. The number of hydrogen-bond acceptors (Lipinski definition) is 4. The normalized spacial score (nSPS) is 12.0. The average Bonchev–Trinajstić information content (AvgIpc) is 3.05. The maximum Gasteiger partial charge on any atom is 0.573 e. The molecule has 29 heavy (non-hydrogen) atoms. The van der Waals surface area contributed by atoms with Crippen molar-refractivity contribution < 1.29 is 40.3 Å². The molecule has 0 fully saturated rings. The molecule has 6 nitrogen and oxygen atoms in total. The lowest BCUT2D eigenvalue weighted by Gasteiger charge is -2.09. The molecule has 1 aromatic carbocycles. The van der Waals surface area contributed by atoms with Crippen molar-refractivity contribution in [2.24, 2.45) is 0 Å². The van der Waals surface area contributed by atoms with Crippen LogP contribution in [0.15, 0.2) is 36.4 Å². The van der Waals surface area contributed by atoms with Crippen molar-refractivity contribution in [2.75, 3.05) is 5.32 Å². The molecule has 0 aliphatic carbocycles. The molecule has 2 aromatic heterocycles. The highest BCUT2D eigenvalue weighted by atomic mass is 19.4. The molecule has 0 unspecified atom stereocenters. The van der Waals surface area contributed by atoms with Crippen LogP contribution in [0.2, 0.25) is 0 Å². The molecule has 0 aliphatic heterocycles. The third-order valence-corrected chi connectivity index (χ3v) is 3.50. The first-order valence-corrected chi connectivity index (χ1v) is 7.67. The zero-order chi connectivity index (χ0) is 21.3. The molecule has 2 heterocycles. The number of alkyl halides is 7. The van der Waals surface area contributed by atoms with Gasteiger partial charge >= 0.3 is 6.36 Å². The first kappa shape index (κ1) is 20.4. The van der Waals surface area contributed by atoms with Gasteiger partial charge in [-0.3, -0.25) is 4.79 Å². The highest BCUT2D eigenvalue weighted by molar-refractivity contribution is 6.03. The zero-order valence-electron chi connectivity index (χ0n) is 13.9. The molecule has 0 saturated heterocycles. The molecule has 0 bridgehead atoms. The molecule has 0 aliphatic rings. The van der Waals surface area contributed by atoms with Gasteiger partial charge in [-0.15, -0.1) is 13.2 Å². The smallest absolute Gasteiger partial charge is 0.406 e. The summed E-state index contributed by atoms with van der Waals surface area (Å²) in [5.41, 5.74) is -2.53. The summed E-state index contributed by atoms with van der Waals surface area (Å²) in [5.74, 6) is -1.44. The van der Waals surface area contributed by atoms with Crippen LogP contribution in [0, 0.1) is 0 Å². The number of fused-ring (bicyclic) bond motifs is 1. The third kappa shape index (κ3) is 4.73. The van der Waals surface area contributed by atoms with Crippen molar-refractivity contribution in [1.82, 2.24) is 14.6 Å². The number of benzene rings is 1. The fraction of sp³-hybridized carbons (Fsp3) is 0.188. The second-order valence-electron chi connectivity index (χ2n) is 5.53. The van der Waals surface area contributed by atoms with Crippen LogP contribution in [-0.4, -0.2) is 26.9 Å². The van der Waals surface area contributed by atoms with Crippen LogP contribution in [0.4, 0.5) is 36.4 Å². The molecule has 0 spiro atoms. The highest BCUT2D eigenvalue weighted by Gasteiger charge is 2.31. The summed E-state index contributed by atoms with van der Waals surface area (Å²) in [6, 6.07) is 5.50. The van der Waals surface area contributed by atoms with Crippen LogP contribution in [0.5, 0.6) is 5.75 Å². The SMILES string of the molecule is O=C(Nc1ccc(OC(F)(F)F)cc1)c1cc2nc(C(F)F)cc(C(F)F)n2n1. The Kier molecular flexibility index (Phi) is 5.31. The maximum atomic E-state index is 13.1. The van der Waals surface area contributed by atoms with E-state index in [4.69, 9.17) is 0 Å². The van der Waals surface area contributed by atoms with Crippen LogP contribution in [-0.2, 0) is 0 Å². The molecular weight excluding hydrogens is 413 g/mol. The molecule has 0 saturated carbocycles. The Hall–Kier alpha value is -3.38. The topological polar surface area (TPSA) is 68.5 Å². The number of nitrogens with one attached hydrogen (secondary N) is 1. The van der Waals surface area contributed by atoms with E-state index in [0.717, 1.165) is 30.3 Å². The van der Waals surface area contributed by atoms with E-state index < -0.39 is 53.6 Å². The molecule has 13 heteroatoms. The Morgan fingerprint density at radius 2 is 1.69 bits per heavy atom. The Morgan fingerprint density at radius 3 is 2.24 bits per heavy atom. The summed E-state index contributed by atoms with van der Waals surface area (Å²) in [6.45, 7) is 0. The number of rotatable bonds is 5. The van der Waals surface area contributed by atoms with Crippen molar-refractivity contribution in [3.05, 3.63) is 53.5 Å². The quantitative estimate of drug-likeness (QED) is 0.603. The number of aromatic nitrogens is 3. The van der Waals surface area contributed by atoms with Crippen LogP contribution in [0.1, 0.15) is 34.7 Å². The number of anilines is 1. The molecule has 0 atom stereocenters. The molecule has 1 N–H and O–H groups in total. The minimum Gasteiger partial charge on any atom is -0.406 e. The van der Waals surface area contributed by atoms with Gasteiger partial charge in [-0.2, -0.15) is 5.10 Å². The summed E-state index contributed by atoms with van der Waals surface area (Å²) in [5, 5.41) is 5.92. The van der Waals surface area contributed by atoms with E-state index in [2.05, 4.69) is 20.1 Å². The van der Waals surface area contributed by atoms with Gasteiger partial charge in [0.25, 0.3) is 18.8 Å². The molecular formula is C16H9F7N4O2. The Bertz CT molecular complexity index is 1030. The van der Waals surface area contributed by atoms with Crippen LogP contribution >= 0.6 is 0 Å². The van der Waals surface area contributed by atoms with E-state index in [-0.39, 0.29) is 5.69 Å². The fourth-order valence-corrected chi connectivity index (χ4v) is 2.33. The number of carbonyl (C=O) groups excluding carboxylic acids is 1. The van der Waals surface area contributed by atoms with Gasteiger partial charge in [0.15, 0.2) is 11.3 Å². The van der Waals surface area contributed by atoms with E-state index >= 15 is 0 Å². The van der Waals surface area contributed by atoms with Gasteiger partial charge in [0.2, 0.25) is 0 Å². The largest absolute Gasteiger partial charge is 0.573 e. The number of halogens is 7. The van der Waals surface area contributed by atoms with Crippen LogP contribution < -0.4 is 10.1 Å². The van der Waals surface area contributed by atoms with Crippen molar-refractivity contribution in [3.8, 4) is 5.75 Å². The monoisotopic (exact) mass is 422 g/mol. The predicted molar refractivity (Wildman–Crippen MR) is 84.0 cm³/mol. The van der Waals surface area contributed by atoms with Crippen LogP contribution in [0.3, 0.4) is 0 Å². The number of hydrogen-bond donors (Lipinski definition) is 1. The summed E-state index contributed by atoms with van der Waals surface area (Å²) >= 11 is 0. The number of ether oxygens (including phenoxy) is 1. The van der Waals surface area contributed by atoms with E-state index in [1.54, 1.807) is 0 Å². The molecule has 3 aromatic rings. The highest BCUT2D eigenvalue weighted by Crippen LogP contribution is 2.26. The molecule has 1 amide bonds. The lowest BCUT2D eigenvalue weighted by Crippen LogP contribution is -2.17. The second-order valence-corrected chi connectivity index (χ2v) is 5.53. The van der Waals surface area contributed by atoms with Crippen molar-refractivity contribution in [3.63, 3.8) is 0 Å². The van der Waals surface area contributed by atoms with E-state index in [1.165, 1.54) is 0 Å². The minimum absolute atomic E-state index is 0.0527. The third-order valence-electron chi connectivity index (χ3n) is 3.50.